The predicted octanol–water partition coefficient (Wildman–Crippen LogP) is 5.59. The second kappa shape index (κ2) is 12.3. The van der Waals surface area contributed by atoms with Crippen LogP contribution in [0.15, 0.2) is 42.5 Å². The number of nitrogens with zero attached hydrogens (tertiary/aromatic N) is 2. The number of ether oxygens (including phenoxy) is 1. The van der Waals surface area contributed by atoms with Crippen molar-refractivity contribution in [2.45, 2.75) is 65.3 Å². The summed E-state index contributed by atoms with van der Waals surface area (Å²) in [6, 6.07) is 16.4. The standard InChI is InChI=1S/C28H37N3O2/c1-4-33-27-19-22(12-13-23(27)14-15-29)20-28(32)30-25(18-21(2)3)24-10-6-7-11-26(24)31-16-8-5-9-17-31/h6-7,10-13,19,21,25H,4-5,8-9,14,16-18,20H2,1-3H3,(H,30,32). The summed E-state index contributed by atoms with van der Waals surface area (Å²) in [5.74, 6) is 1.16. The molecule has 1 aliphatic heterocycles. The van der Waals surface area contributed by atoms with Gasteiger partial charge in [0, 0.05) is 24.3 Å². The minimum Gasteiger partial charge on any atom is -0.494 e. The van der Waals surface area contributed by atoms with E-state index in [2.05, 4.69) is 54.4 Å². The van der Waals surface area contributed by atoms with E-state index in [0.29, 0.717) is 24.7 Å². The van der Waals surface area contributed by atoms with E-state index < -0.39 is 0 Å². The van der Waals surface area contributed by atoms with E-state index in [1.165, 1.54) is 30.5 Å². The van der Waals surface area contributed by atoms with Crippen molar-refractivity contribution in [1.82, 2.24) is 5.32 Å². The smallest absolute Gasteiger partial charge is 0.224 e. The number of nitrogens with one attached hydrogen (secondary N) is 1. The van der Waals surface area contributed by atoms with Crippen LogP contribution in [0.1, 0.15) is 69.2 Å². The number of carbonyl (C=O) groups excluding carboxylic acids is 1. The lowest BCUT2D eigenvalue weighted by molar-refractivity contribution is -0.121. The minimum atomic E-state index is -0.0279. The Hall–Kier alpha value is -3.00. The average molecular weight is 448 g/mol. The summed E-state index contributed by atoms with van der Waals surface area (Å²) in [7, 11) is 0. The van der Waals surface area contributed by atoms with Crippen molar-refractivity contribution in [3.05, 3.63) is 59.2 Å². The Bertz CT molecular complexity index is 958. The zero-order valence-electron chi connectivity index (χ0n) is 20.3. The Balaban J connectivity index is 1.78. The summed E-state index contributed by atoms with van der Waals surface area (Å²) in [4.78, 5) is 15.6. The summed E-state index contributed by atoms with van der Waals surface area (Å²) in [6.07, 6.45) is 5.21. The number of piperidine rings is 1. The lowest BCUT2D eigenvalue weighted by Crippen LogP contribution is -2.34. The Morgan fingerprint density at radius 3 is 2.61 bits per heavy atom. The van der Waals surface area contributed by atoms with Crippen LogP contribution in [0, 0.1) is 17.2 Å². The van der Waals surface area contributed by atoms with Crippen molar-refractivity contribution in [2.24, 2.45) is 5.92 Å². The summed E-state index contributed by atoms with van der Waals surface area (Å²) >= 11 is 0. The Kier molecular flexibility index (Phi) is 9.18. The number of para-hydroxylation sites is 1. The molecule has 176 valence electrons. The highest BCUT2D eigenvalue weighted by molar-refractivity contribution is 5.79. The molecule has 1 aliphatic rings. The molecule has 5 heteroatoms. The predicted molar refractivity (Wildman–Crippen MR) is 133 cm³/mol. The Morgan fingerprint density at radius 1 is 1.15 bits per heavy atom. The van der Waals surface area contributed by atoms with E-state index in [1.54, 1.807) is 0 Å². The van der Waals surface area contributed by atoms with Crippen LogP contribution in [-0.4, -0.2) is 25.6 Å². The third kappa shape index (κ3) is 6.99. The molecular formula is C28H37N3O2. The van der Waals surface area contributed by atoms with E-state index in [-0.39, 0.29) is 18.4 Å². The molecule has 1 N–H and O–H groups in total. The second-order valence-electron chi connectivity index (χ2n) is 9.24. The third-order valence-electron chi connectivity index (χ3n) is 6.12. The van der Waals surface area contributed by atoms with Crippen LogP contribution in [0.5, 0.6) is 5.75 Å². The van der Waals surface area contributed by atoms with Gasteiger partial charge in [0.05, 0.1) is 31.6 Å². The van der Waals surface area contributed by atoms with E-state index in [9.17, 15) is 4.79 Å². The summed E-state index contributed by atoms with van der Waals surface area (Å²) in [6.45, 7) is 9.00. The lowest BCUT2D eigenvalue weighted by Gasteiger charge is -2.33. The van der Waals surface area contributed by atoms with Gasteiger partial charge in [-0.2, -0.15) is 5.26 Å². The molecule has 1 saturated heterocycles. The molecule has 0 spiro atoms. The van der Waals surface area contributed by atoms with Crippen LogP contribution < -0.4 is 15.0 Å². The largest absolute Gasteiger partial charge is 0.494 e. The first-order valence-corrected chi connectivity index (χ1v) is 12.3. The molecule has 2 aromatic carbocycles. The fourth-order valence-corrected chi connectivity index (χ4v) is 4.60. The van der Waals surface area contributed by atoms with Gasteiger partial charge in [0.15, 0.2) is 0 Å². The first-order chi connectivity index (χ1) is 16.0. The van der Waals surface area contributed by atoms with Gasteiger partial charge in [-0.05, 0) is 61.8 Å². The first-order valence-electron chi connectivity index (χ1n) is 12.3. The molecule has 0 bridgehead atoms. The van der Waals surface area contributed by atoms with E-state index in [1.807, 2.05) is 25.1 Å². The van der Waals surface area contributed by atoms with Gasteiger partial charge in [-0.15, -0.1) is 0 Å². The molecule has 1 unspecified atom stereocenters. The highest BCUT2D eigenvalue weighted by atomic mass is 16.5. The van der Waals surface area contributed by atoms with Gasteiger partial charge < -0.3 is 15.0 Å². The SMILES string of the molecule is CCOc1cc(CC(=O)NC(CC(C)C)c2ccccc2N2CCCCC2)ccc1CC#N. The van der Waals surface area contributed by atoms with Gasteiger partial charge in [0.1, 0.15) is 5.75 Å². The van der Waals surface area contributed by atoms with Crippen molar-refractivity contribution in [3.8, 4) is 11.8 Å². The fourth-order valence-electron chi connectivity index (χ4n) is 4.60. The van der Waals surface area contributed by atoms with Gasteiger partial charge in [-0.25, -0.2) is 0 Å². The van der Waals surface area contributed by atoms with Crippen LogP contribution in [0.25, 0.3) is 0 Å². The molecule has 0 radical (unpaired) electrons. The van der Waals surface area contributed by atoms with Gasteiger partial charge in [-0.3, -0.25) is 4.79 Å². The molecule has 0 saturated carbocycles. The van der Waals surface area contributed by atoms with E-state index >= 15 is 0 Å². The lowest BCUT2D eigenvalue weighted by atomic mass is 9.94. The normalized spacial score (nSPS) is 14.6. The van der Waals surface area contributed by atoms with E-state index in [4.69, 9.17) is 10.00 Å². The van der Waals surface area contributed by atoms with Gasteiger partial charge in [-0.1, -0.05) is 44.2 Å². The van der Waals surface area contributed by atoms with Crippen LogP contribution in [0.4, 0.5) is 5.69 Å². The number of rotatable bonds is 10. The highest BCUT2D eigenvalue weighted by Gasteiger charge is 2.22. The first kappa shape index (κ1) is 24.6. The second-order valence-corrected chi connectivity index (χ2v) is 9.24. The topological polar surface area (TPSA) is 65.4 Å². The number of hydrogen-bond acceptors (Lipinski definition) is 4. The molecule has 1 amide bonds. The van der Waals surface area contributed by atoms with Crippen LogP contribution >= 0.6 is 0 Å². The maximum Gasteiger partial charge on any atom is 0.224 e. The average Bonchev–Trinajstić information content (AvgIpc) is 2.81. The van der Waals surface area contributed by atoms with Crippen molar-refractivity contribution in [2.75, 3.05) is 24.6 Å². The zero-order valence-corrected chi connectivity index (χ0v) is 20.3. The Labute approximate surface area is 198 Å². The maximum atomic E-state index is 13.1. The quantitative estimate of drug-likeness (QED) is 0.516. The molecule has 2 aromatic rings. The van der Waals surface area contributed by atoms with Crippen LogP contribution in [0.3, 0.4) is 0 Å². The van der Waals surface area contributed by atoms with Gasteiger partial charge in [0.25, 0.3) is 0 Å². The molecule has 5 nitrogen and oxygen atoms in total. The molecular weight excluding hydrogens is 410 g/mol. The number of nitriles is 1. The summed E-state index contributed by atoms with van der Waals surface area (Å²) in [5.41, 5.74) is 4.21. The van der Waals surface area contributed by atoms with Crippen molar-refractivity contribution < 1.29 is 9.53 Å². The van der Waals surface area contributed by atoms with Crippen molar-refractivity contribution >= 4 is 11.6 Å². The number of amides is 1. The van der Waals surface area contributed by atoms with E-state index in [0.717, 1.165) is 30.6 Å². The molecule has 0 aromatic heterocycles. The molecule has 0 aliphatic carbocycles. The third-order valence-corrected chi connectivity index (χ3v) is 6.12. The molecule has 33 heavy (non-hydrogen) atoms. The molecule has 1 atom stereocenters. The summed E-state index contributed by atoms with van der Waals surface area (Å²) in [5, 5.41) is 12.4. The number of benzene rings is 2. The van der Waals surface area contributed by atoms with Crippen molar-refractivity contribution in [3.63, 3.8) is 0 Å². The Morgan fingerprint density at radius 2 is 1.91 bits per heavy atom. The fraction of sp³-hybridized carbons (Fsp3) is 0.500. The number of carbonyl (C=O) groups is 1. The van der Waals surface area contributed by atoms with Gasteiger partial charge in [0.2, 0.25) is 5.91 Å². The zero-order chi connectivity index (χ0) is 23.6. The van der Waals surface area contributed by atoms with Crippen molar-refractivity contribution in [1.29, 1.82) is 5.26 Å². The highest BCUT2D eigenvalue weighted by Crippen LogP contribution is 2.32. The van der Waals surface area contributed by atoms with Crippen LogP contribution in [0.2, 0.25) is 0 Å². The number of anilines is 1. The van der Waals surface area contributed by atoms with Crippen LogP contribution in [-0.2, 0) is 17.6 Å². The molecule has 1 heterocycles. The minimum absolute atomic E-state index is 0.00424. The molecule has 1 fully saturated rings. The summed E-state index contributed by atoms with van der Waals surface area (Å²) < 4.78 is 5.71. The molecule has 3 rings (SSSR count). The monoisotopic (exact) mass is 447 g/mol. The number of hydrogen-bond donors (Lipinski definition) is 1. The maximum absolute atomic E-state index is 13.1. The van der Waals surface area contributed by atoms with Gasteiger partial charge >= 0.3 is 0 Å².